The molecule has 3 N–H and O–H groups in total. The van der Waals surface area contributed by atoms with Crippen LogP contribution in [0.1, 0.15) is 45.4 Å². The number of nitrogens with one attached hydrogen (secondary N) is 1. The zero-order valence-electron chi connectivity index (χ0n) is 11.8. The molecule has 2 aliphatic rings. The Morgan fingerprint density at radius 3 is 2.42 bits per heavy atom. The number of hydrogen-bond donors (Lipinski definition) is 2. The number of amides is 1. The fraction of sp³-hybridized carbons (Fsp3) is 0.857. The molecule has 2 rings (SSSR count). The fourth-order valence-corrected chi connectivity index (χ4v) is 3.31. The number of carbonyl (C=O) groups is 1. The summed E-state index contributed by atoms with van der Waals surface area (Å²) < 4.78 is 0. The molecule has 1 amide bonds. The second-order valence-electron chi connectivity index (χ2n) is 5.96. The summed E-state index contributed by atoms with van der Waals surface area (Å²) in [6.45, 7) is 5.18. The lowest BCUT2D eigenvalue weighted by atomic mass is 9.68. The number of piperidine rings is 1. The first-order chi connectivity index (χ1) is 9.06. The molecule has 2 fully saturated rings. The van der Waals surface area contributed by atoms with Crippen molar-refractivity contribution in [1.29, 1.82) is 0 Å². The summed E-state index contributed by atoms with van der Waals surface area (Å²) in [5, 5.41) is 3.06. The van der Waals surface area contributed by atoms with Crippen molar-refractivity contribution in [2.45, 2.75) is 51.5 Å². The normalized spacial score (nSPS) is 24.3. The highest BCUT2D eigenvalue weighted by atomic mass is 32.1. The van der Waals surface area contributed by atoms with E-state index >= 15 is 0 Å². The Balaban J connectivity index is 1.81. The van der Waals surface area contributed by atoms with Crippen LogP contribution in [-0.4, -0.2) is 41.5 Å². The number of nitrogens with two attached hydrogens (primary N) is 1. The van der Waals surface area contributed by atoms with Gasteiger partial charge in [0.15, 0.2) is 0 Å². The molecule has 0 spiro atoms. The quantitative estimate of drug-likeness (QED) is 0.750. The summed E-state index contributed by atoms with van der Waals surface area (Å²) >= 11 is 5.07. The lowest BCUT2D eigenvalue weighted by molar-refractivity contribution is -0.131. The number of thiocarbonyl (C=S) groups is 1. The van der Waals surface area contributed by atoms with Gasteiger partial charge in [0.2, 0.25) is 5.91 Å². The van der Waals surface area contributed by atoms with Gasteiger partial charge in [-0.2, -0.15) is 0 Å². The average molecular weight is 283 g/mol. The predicted molar refractivity (Wildman–Crippen MR) is 81.0 cm³/mol. The van der Waals surface area contributed by atoms with Gasteiger partial charge in [0.05, 0.1) is 10.4 Å². The van der Waals surface area contributed by atoms with Crippen LogP contribution in [0.5, 0.6) is 0 Å². The zero-order valence-corrected chi connectivity index (χ0v) is 12.6. The smallest absolute Gasteiger partial charge is 0.233 e. The summed E-state index contributed by atoms with van der Waals surface area (Å²) in [6, 6.07) is 0.396. The Morgan fingerprint density at radius 2 is 1.95 bits per heavy atom. The van der Waals surface area contributed by atoms with E-state index in [0.717, 1.165) is 32.4 Å². The van der Waals surface area contributed by atoms with Crippen LogP contribution in [0.3, 0.4) is 0 Å². The average Bonchev–Trinajstić information content (AvgIpc) is 2.35. The van der Waals surface area contributed by atoms with Crippen molar-refractivity contribution in [3.63, 3.8) is 0 Å². The van der Waals surface area contributed by atoms with Gasteiger partial charge in [0.1, 0.15) is 0 Å². The van der Waals surface area contributed by atoms with Crippen molar-refractivity contribution in [2.75, 3.05) is 19.6 Å². The fourth-order valence-electron chi connectivity index (χ4n) is 3.01. The van der Waals surface area contributed by atoms with E-state index < -0.39 is 5.41 Å². The third-order valence-electron chi connectivity index (χ3n) is 4.69. The summed E-state index contributed by atoms with van der Waals surface area (Å²) in [7, 11) is 0. The van der Waals surface area contributed by atoms with E-state index in [1.807, 2.05) is 0 Å². The number of likely N-dealkylation sites (tertiary alicyclic amines) is 1. The molecule has 1 aliphatic heterocycles. The van der Waals surface area contributed by atoms with E-state index in [-0.39, 0.29) is 5.91 Å². The van der Waals surface area contributed by atoms with E-state index in [1.54, 1.807) is 0 Å². The first kappa shape index (κ1) is 14.7. The van der Waals surface area contributed by atoms with Crippen LogP contribution in [0, 0.1) is 5.41 Å². The van der Waals surface area contributed by atoms with Crippen molar-refractivity contribution < 1.29 is 4.79 Å². The molecule has 1 unspecified atom stereocenters. The molecule has 0 bridgehead atoms. The Hall–Kier alpha value is -0.680. The highest BCUT2D eigenvalue weighted by molar-refractivity contribution is 7.80. The Morgan fingerprint density at radius 1 is 1.32 bits per heavy atom. The van der Waals surface area contributed by atoms with Gasteiger partial charge in [-0.3, -0.25) is 9.69 Å². The minimum Gasteiger partial charge on any atom is -0.392 e. The Bertz CT molecular complexity index is 349. The maximum Gasteiger partial charge on any atom is 0.233 e. The molecular formula is C14H25N3OS. The molecule has 4 nitrogen and oxygen atoms in total. The van der Waals surface area contributed by atoms with Crippen molar-refractivity contribution in [1.82, 2.24) is 10.2 Å². The topological polar surface area (TPSA) is 58.4 Å². The minimum absolute atomic E-state index is 0.0371. The molecule has 5 heteroatoms. The minimum atomic E-state index is -0.545. The van der Waals surface area contributed by atoms with Gasteiger partial charge in [0.25, 0.3) is 0 Å². The van der Waals surface area contributed by atoms with Crippen LogP contribution in [0.25, 0.3) is 0 Å². The number of rotatable bonds is 5. The van der Waals surface area contributed by atoms with Crippen LogP contribution in [0.4, 0.5) is 0 Å². The largest absolute Gasteiger partial charge is 0.392 e. The molecule has 19 heavy (non-hydrogen) atoms. The summed E-state index contributed by atoms with van der Waals surface area (Å²) in [5.74, 6) is 0.0371. The van der Waals surface area contributed by atoms with Gasteiger partial charge in [-0.1, -0.05) is 25.1 Å². The maximum absolute atomic E-state index is 12.3. The molecule has 0 aromatic carbocycles. The molecule has 1 saturated carbocycles. The molecule has 1 atom stereocenters. The Labute approximate surface area is 121 Å². The van der Waals surface area contributed by atoms with Crippen LogP contribution in [0.2, 0.25) is 0 Å². The number of nitrogens with zero attached hydrogens (tertiary/aromatic N) is 1. The van der Waals surface area contributed by atoms with Crippen LogP contribution >= 0.6 is 12.2 Å². The lowest BCUT2D eigenvalue weighted by Crippen LogP contribution is -2.55. The van der Waals surface area contributed by atoms with Gasteiger partial charge in [0, 0.05) is 12.6 Å². The van der Waals surface area contributed by atoms with Gasteiger partial charge >= 0.3 is 0 Å². The molecule has 0 aromatic rings. The van der Waals surface area contributed by atoms with E-state index in [4.69, 9.17) is 18.0 Å². The van der Waals surface area contributed by atoms with Crippen LogP contribution in [-0.2, 0) is 4.79 Å². The molecule has 108 valence electrons. The second kappa shape index (κ2) is 6.18. The first-order valence-electron chi connectivity index (χ1n) is 7.38. The molecule has 1 aliphatic carbocycles. The molecule has 1 heterocycles. The van der Waals surface area contributed by atoms with E-state index in [9.17, 15) is 4.79 Å². The zero-order chi connectivity index (χ0) is 13.9. The van der Waals surface area contributed by atoms with Crippen molar-refractivity contribution in [2.24, 2.45) is 11.1 Å². The monoisotopic (exact) mass is 283 g/mol. The molecule has 0 aromatic heterocycles. The van der Waals surface area contributed by atoms with E-state index in [0.29, 0.717) is 17.6 Å². The highest BCUT2D eigenvalue weighted by Gasteiger charge is 2.46. The van der Waals surface area contributed by atoms with Crippen molar-refractivity contribution in [3.05, 3.63) is 0 Å². The summed E-state index contributed by atoms with van der Waals surface area (Å²) in [4.78, 5) is 15.1. The van der Waals surface area contributed by atoms with Gasteiger partial charge < -0.3 is 11.1 Å². The van der Waals surface area contributed by atoms with Crippen molar-refractivity contribution >= 4 is 23.1 Å². The molecular weight excluding hydrogens is 258 g/mol. The van der Waals surface area contributed by atoms with E-state index in [1.165, 1.54) is 19.3 Å². The first-order valence-corrected chi connectivity index (χ1v) is 7.79. The standard InChI is InChI=1S/C14H25N3OS/c1-11(17-8-3-2-4-9-17)10-16-13(18)14(12(15)19)6-5-7-14/h11H,2-10H2,1H3,(H2,15,19)(H,16,18). The maximum atomic E-state index is 12.3. The Kier molecular flexibility index (Phi) is 4.79. The molecule has 1 saturated heterocycles. The summed E-state index contributed by atoms with van der Waals surface area (Å²) in [5.41, 5.74) is 5.20. The van der Waals surface area contributed by atoms with Crippen LogP contribution in [0.15, 0.2) is 0 Å². The molecule has 0 radical (unpaired) electrons. The third-order valence-corrected chi connectivity index (χ3v) is 5.08. The van der Waals surface area contributed by atoms with Crippen molar-refractivity contribution in [3.8, 4) is 0 Å². The predicted octanol–water partition coefficient (Wildman–Crippen LogP) is 1.43. The third kappa shape index (κ3) is 3.08. The summed E-state index contributed by atoms with van der Waals surface area (Å²) in [6.07, 6.45) is 6.55. The number of carbonyl (C=O) groups excluding carboxylic acids is 1. The van der Waals surface area contributed by atoms with Crippen LogP contribution < -0.4 is 11.1 Å². The van der Waals surface area contributed by atoms with E-state index in [2.05, 4.69) is 17.1 Å². The SMILES string of the molecule is CC(CNC(=O)C1(C(N)=S)CCC1)N1CCCCC1. The van der Waals surface area contributed by atoms with Gasteiger partial charge in [-0.05, 0) is 45.7 Å². The number of hydrogen-bond acceptors (Lipinski definition) is 3. The highest BCUT2D eigenvalue weighted by Crippen LogP contribution is 2.41. The van der Waals surface area contributed by atoms with Gasteiger partial charge in [-0.15, -0.1) is 0 Å². The van der Waals surface area contributed by atoms with Gasteiger partial charge in [-0.25, -0.2) is 0 Å². The lowest BCUT2D eigenvalue weighted by Gasteiger charge is -2.40. The second-order valence-corrected chi connectivity index (χ2v) is 6.40.